The minimum Gasteiger partial charge on any atom is -0.368 e. The number of halogens is 1. The normalized spacial score (nSPS) is 15.0. The summed E-state index contributed by atoms with van der Waals surface area (Å²) in [4.78, 5) is 16.6. The number of nitrogens with one attached hydrogen (secondary N) is 1. The maximum atomic E-state index is 12.4. The number of amides is 1. The summed E-state index contributed by atoms with van der Waals surface area (Å²) in [5.74, 6) is -0.0267. The van der Waals surface area contributed by atoms with Gasteiger partial charge in [-0.05, 0) is 36.4 Å². The Labute approximate surface area is 168 Å². The largest absolute Gasteiger partial charge is 0.368 e. The van der Waals surface area contributed by atoms with Gasteiger partial charge in [0.2, 0.25) is 15.9 Å². The van der Waals surface area contributed by atoms with E-state index in [1.54, 1.807) is 17.0 Å². The van der Waals surface area contributed by atoms with Crippen LogP contribution in [-0.4, -0.2) is 51.9 Å². The number of piperazine rings is 1. The first-order valence-electron chi connectivity index (χ1n) is 8.79. The highest BCUT2D eigenvalue weighted by Gasteiger charge is 2.21. The Hall–Kier alpha value is -1.90. The van der Waals surface area contributed by atoms with Crippen LogP contribution in [0, 0.1) is 0 Å². The Bertz CT molecular complexity index is 865. The van der Waals surface area contributed by atoms with Gasteiger partial charge in [0.1, 0.15) is 0 Å². The molecule has 8 heteroatoms. The topological polar surface area (TPSA) is 69.7 Å². The van der Waals surface area contributed by atoms with E-state index in [1.165, 1.54) is 12.1 Å². The molecule has 144 valence electrons. The number of carbonyl (C=O) groups excluding carboxylic acids is 1. The van der Waals surface area contributed by atoms with E-state index in [1.807, 2.05) is 18.2 Å². The predicted octanol–water partition coefficient (Wildman–Crippen LogP) is 2.47. The van der Waals surface area contributed by atoms with Crippen molar-refractivity contribution >= 4 is 37.5 Å². The van der Waals surface area contributed by atoms with Crippen molar-refractivity contribution in [2.75, 3.05) is 37.6 Å². The molecule has 1 aliphatic rings. The highest BCUT2D eigenvalue weighted by Crippen LogP contribution is 2.16. The second-order valence-electron chi connectivity index (χ2n) is 6.31. The Morgan fingerprint density at radius 1 is 0.963 bits per heavy atom. The van der Waals surface area contributed by atoms with Crippen molar-refractivity contribution in [1.29, 1.82) is 0 Å². The van der Waals surface area contributed by atoms with Gasteiger partial charge in [-0.3, -0.25) is 4.79 Å². The van der Waals surface area contributed by atoms with E-state index in [9.17, 15) is 13.2 Å². The first-order chi connectivity index (χ1) is 13.0. The van der Waals surface area contributed by atoms with E-state index < -0.39 is 10.0 Å². The SMILES string of the molecule is O=C(CCNS(=O)(=O)c1ccc(Br)cc1)N1CCN(c2ccccc2)CC1. The zero-order valence-corrected chi connectivity index (χ0v) is 17.2. The lowest BCUT2D eigenvalue weighted by molar-refractivity contribution is -0.131. The number of para-hydroxylation sites is 1. The smallest absolute Gasteiger partial charge is 0.240 e. The number of sulfonamides is 1. The molecule has 2 aromatic carbocycles. The van der Waals surface area contributed by atoms with E-state index in [0.29, 0.717) is 13.1 Å². The number of hydrogen-bond acceptors (Lipinski definition) is 4. The molecule has 1 fully saturated rings. The van der Waals surface area contributed by atoms with Crippen LogP contribution in [0.1, 0.15) is 6.42 Å². The summed E-state index contributed by atoms with van der Waals surface area (Å²) in [6.07, 6.45) is 0.154. The molecular weight excluding hydrogens is 430 g/mol. The molecule has 0 atom stereocenters. The van der Waals surface area contributed by atoms with Gasteiger partial charge in [-0.2, -0.15) is 0 Å². The predicted molar refractivity (Wildman–Crippen MR) is 109 cm³/mol. The molecule has 1 heterocycles. The van der Waals surface area contributed by atoms with E-state index in [4.69, 9.17) is 0 Å². The molecule has 3 rings (SSSR count). The Balaban J connectivity index is 1.45. The van der Waals surface area contributed by atoms with Gasteiger partial charge >= 0.3 is 0 Å². The third kappa shape index (κ3) is 5.31. The summed E-state index contributed by atoms with van der Waals surface area (Å²) in [5, 5.41) is 0. The Morgan fingerprint density at radius 3 is 2.22 bits per heavy atom. The standard InChI is InChI=1S/C19H22BrN3O3S/c20-16-6-8-18(9-7-16)27(25,26)21-11-10-19(24)23-14-12-22(13-15-23)17-4-2-1-3-5-17/h1-9,21H,10-15H2. The van der Waals surface area contributed by atoms with Crippen LogP contribution in [0.25, 0.3) is 0 Å². The van der Waals surface area contributed by atoms with Crippen molar-refractivity contribution in [3.05, 3.63) is 59.1 Å². The summed E-state index contributed by atoms with van der Waals surface area (Å²) in [7, 11) is -3.60. The van der Waals surface area contributed by atoms with Gasteiger partial charge in [-0.15, -0.1) is 0 Å². The summed E-state index contributed by atoms with van der Waals surface area (Å²) in [6.45, 7) is 2.94. The van der Waals surface area contributed by atoms with E-state index in [2.05, 4.69) is 37.7 Å². The van der Waals surface area contributed by atoms with Crippen LogP contribution in [0.4, 0.5) is 5.69 Å². The molecule has 1 aliphatic heterocycles. The number of hydrogen-bond donors (Lipinski definition) is 1. The van der Waals surface area contributed by atoms with Crippen LogP contribution in [0.15, 0.2) is 64.0 Å². The van der Waals surface area contributed by atoms with Gasteiger partial charge in [-0.25, -0.2) is 13.1 Å². The highest BCUT2D eigenvalue weighted by molar-refractivity contribution is 9.10. The van der Waals surface area contributed by atoms with Gasteiger partial charge in [0.15, 0.2) is 0 Å². The zero-order chi connectivity index (χ0) is 19.3. The Morgan fingerprint density at radius 2 is 1.59 bits per heavy atom. The molecule has 1 N–H and O–H groups in total. The molecule has 0 bridgehead atoms. The third-order valence-corrected chi connectivity index (χ3v) is 6.51. The van der Waals surface area contributed by atoms with Gasteiger partial charge in [0, 0.05) is 49.3 Å². The van der Waals surface area contributed by atoms with Gasteiger partial charge < -0.3 is 9.80 Å². The summed E-state index contributed by atoms with van der Waals surface area (Å²) in [6, 6.07) is 16.5. The lowest BCUT2D eigenvalue weighted by atomic mass is 10.2. The monoisotopic (exact) mass is 451 g/mol. The first kappa shape index (κ1) is 19.9. The molecule has 2 aromatic rings. The average Bonchev–Trinajstić information content (AvgIpc) is 2.69. The fourth-order valence-electron chi connectivity index (χ4n) is 3.00. The van der Waals surface area contributed by atoms with Crippen LogP contribution in [0.3, 0.4) is 0 Å². The minimum absolute atomic E-state index is 0.0267. The number of nitrogens with zero attached hydrogens (tertiary/aromatic N) is 2. The van der Waals surface area contributed by atoms with Crippen molar-refractivity contribution in [2.24, 2.45) is 0 Å². The van der Waals surface area contributed by atoms with Gasteiger partial charge in [0.05, 0.1) is 4.90 Å². The van der Waals surface area contributed by atoms with Crippen LogP contribution in [0.5, 0.6) is 0 Å². The van der Waals surface area contributed by atoms with Crippen LogP contribution in [0.2, 0.25) is 0 Å². The third-order valence-electron chi connectivity index (χ3n) is 4.51. The molecule has 1 amide bonds. The van der Waals surface area contributed by atoms with Crippen LogP contribution >= 0.6 is 15.9 Å². The molecule has 1 saturated heterocycles. The molecule has 27 heavy (non-hydrogen) atoms. The highest BCUT2D eigenvalue weighted by atomic mass is 79.9. The lowest BCUT2D eigenvalue weighted by Gasteiger charge is -2.36. The lowest BCUT2D eigenvalue weighted by Crippen LogP contribution is -2.49. The van der Waals surface area contributed by atoms with Gasteiger partial charge in [0.25, 0.3) is 0 Å². The maximum absolute atomic E-state index is 12.4. The first-order valence-corrected chi connectivity index (χ1v) is 11.1. The molecule has 0 aliphatic carbocycles. The zero-order valence-electron chi connectivity index (χ0n) is 14.8. The number of rotatable bonds is 6. The second kappa shape index (κ2) is 8.86. The average molecular weight is 452 g/mol. The molecule has 0 radical (unpaired) electrons. The van der Waals surface area contributed by atoms with Gasteiger partial charge in [-0.1, -0.05) is 34.1 Å². The molecule has 0 spiro atoms. The van der Waals surface area contributed by atoms with Crippen molar-refractivity contribution < 1.29 is 13.2 Å². The fraction of sp³-hybridized carbons (Fsp3) is 0.316. The minimum atomic E-state index is -3.60. The van der Waals surface area contributed by atoms with Crippen molar-refractivity contribution in [2.45, 2.75) is 11.3 Å². The number of anilines is 1. The summed E-state index contributed by atoms with van der Waals surface area (Å²) >= 11 is 3.28. The number of carbonyl (C=O) groups is 1. The maximum Gasteiger partial charge on any atom is 0.240 e. The molecule has 0 unspecified atom stereocenters. The summed E-state index contributed by atoms with van der Waals surface area (Å²) in [5.41, 5.74) is 1.16. The Kier molecular flexibility index (Phi) is 6.51. The molecule has 0 saturated carbocycles. The van der Waals surface area contributed by atoms with Crippen molar-refractivity contribution in [3.8, 4) is 0 Å². The van der Waals surface area contributed by atoms with E-state index in [-0.39, 0.29) is 23.8 Å². The number of benzene rings is 2. The second-order valence-corrected chi connectivity index (χ2v) is 8.99. The van der Waals surface area contributed by atoms with Crippen molar-refractivity contribution in [3.63, 3.8) is 0 Å². The fourth-order valence-corrected chi connectivity index (χ4v) is 4.30. The van der Waals surface area contributed by atoms with Crippen LogP contribution in [-0.2, 0) is 14.8 Å². The van der Waals surface area contributed by atoms with E-state index in [0.717, 1.165) is 23.2 Å². The molecule has 6 nitrogen and oxygen atoms in total. The van der Waals surface area contributed by atoms with Crippen LogP contribution < -0.4 is 9.62 Å². The molecule has 0 aromatic heterocycles. The molecular formula is C19H22BrN3O3S. The summed E-state index contributed by atoms with van der Waals surface area (Å²) < 4.78 is 27.8. The van der Waals surface area contributed by atoms with E-state index >= 15 is 0 Å². The quantitative estimate of drug-likeness (QED) is 0.731. The van der Waals surface area contributed by atoms with Crippen molar-refractivity contribution in [1.82, 2.24) is 9.62 Å².